The van der Waals surface area contributed by atoms with Crippen LogP contribution in [0.4, 0.5) is 0 Å². The minimum atomic E-state index is 0.868. The number of hydrogen-bond acceptors (Lipinski definition) is 3. The number of benzene rings is 10. The average molecular weight is 727 g/mol. The topological polar surface area (TPSA) is 39.4 Å². The highest BCUT2D eigenvalue weighted by atomic mass is 16.3. The zero-order chi connectivity index (χ0) is 37.2. The van der Waals surface area contributed by atoms with Crippen molar-refractivity contribution in [2.24, 2.45) is 0 Å². The molecule has 0 saturated heterocycles. The van der Waals surface area contributed by atoms with E-state index >= 15 is 0 Å². The second kappa shape index (κ2) is 11.5. The molecular weight excluding hydrogens is 697 g/mol. The molecule has 13 aromatic rings. The van der Waals surface area contributed by atoms with Gasteiger partial charge in [0.25, 0.3) is 0 Å². The Morgan fingerprint density at radius 1 is 0.246 bits per heavy atom. The highest BCUT2D eigenvalue weighted by Crippen LogP contribution is 2.46. The Morgan fingerprint density at radius 3 is 1.42 bits per heavy atom. The lowest BCUT2D eigenvalue weighted by Crippen LogP contribution is -1.91. The summed E-state index contributed by atoms with van der Waals surface area (Å²) in [5.74, 6) is 0. The lowest BCUT2D eigenvalue weighted by atomic mass is 9.85. The van der Waals surface area contributed by atoms with Crippen LogP contribution in [0.1, 0.15) is 0 Å². The number of furan rings is 3. The number of fused-ring (bicyclic) bond motifs is 14. The first kappa shape index (κ1) is 30.7. The lowest BCUT2D eigenvalue weighted by Gasteiger charge is -2.18. The minimum absolute atomic E-state index is 0.868. The molecule has 0 N–H and O–H groups in total. The molecule has 57 heavy (non-hydrogen) atoms. The van der Waals surface area contributed by atoms with Crippen molar-refractivity contribution < 1.29 is 13.3 Å². The molecule has 0 saturated carbocycles. The van der Waals surface area contributed by atoms with Gasteiger partial charge in [0.2, 0.25) is 0 Å². The lowest BCUT2D eigenvalue weighted by molar-refractivity contribution is 0.664. The molecule has 0 fully saturated rings. The third-order valence-corrected chi connectivity index (χ3v) is 12.1. The smallest absolute Gasteiger partial charge is 0.143 e. The fourth-order valence-electron chi connectivity index (χ4n) is 9.50. The fraction of sp³-hybridized carbons (Fsp3) is 0. The molecule has 0 bridgehead atoms. The molecule has 0 aliphatic carbocycles. The molecule has 0 unspecified atom stereocenters. The molecule has 3 heteroatoms. The van der Waals surface area contributed by atoms with Crippen LogP contribution >= 0.6 is 0 Å². The molecule has 264 valence electrons. The van der Waals surface area contributed by atoms with E-state index in [4.69, 9.17) is 13.3 Å². The van der Waals surface area contributed by atoms with Crippen LogP contribution in [0.25, 0.3) is 132 Å². The van der Waals surface area contributed by atoms with Crippen LogP contribution in [0.2, 0.25) is 0 Å². The van der Waals surface area contributed by atoms with E-state index < -0.39 is 0 Å². The van der Waals surface area contributed by atoms with Crippen molar-refractivity contribution in [3.05, 3.63) is 182 Å². The van der Waals surface area contributed by atoms with Crippen LogP contribution in [0.5, 0.6) is 0 Å². The molecule has 0 amide bonds. The van der Waals surface area contributed by atoms with Crippen molar-refractivity contribution in [1.29, 1.82) is 0 Å². The summed E-state index contributed by atoms with van der Waals surface area (Å²) in [5.41, 5.74) is 12.5. The van der Waals surface area contributed by atoms with Crippen LogP contribution in [-0.4, -0.2) is 0 Å². The normalized spacial score (nSPS) is 12.2. The molecule has 13 rings (SSSR count). The Labute approximate surface area is 325 Å². The van der Waals surface area contributed by atoms with Crippen molar-refractivity contribution in [2.75, 3.05) is 0 Å². The van der Waals surface area contributed by atoms with Gasteiger partial charge in [-0.2, -0.15) is 0 Å². The van der Waals surface area contributed by atoms with Crippen LogP contribution < -0.4 is 0 Å². The van der Waals surface area contributed by atoms with Crippen molar-refractivity contribution in [3.63, 3.8) is 0 Å². The van der Waals surface area contributed by atoms with Crippen molar-refractivity contribution in [2.45, 2.75) is 0 Å². The Hall–Kier alpha value is -7.62. The Balaban J connectivity index is 0.959. The maximum atomic E-state index is 6.67. The highest BCUT2D eigenvalue weighted by Gasteiger charge is 2.20. The molecule has 0 atom stereocenters. The molecule has 10 aromatic carbocycles. The Morgan fingerprint density at radius 2 is 0.702 bits per heavy atom. The molecule has 0 aliphatic rings. The standard InChI is InChI=1S/C54H30O3/c1-3-12-39-37(10-1)50(38-11-2-4-13-40(38)51(39)35-24-26-47-44(30-35)36-9-5-7-15-45(36)55-47)33-20-17-31(18-21-33)34-22-19-32-23-25-42-53-49(57-54(42)43(32)29-34)28-27-48-52(53)41-14-6-8-16-46(41)56-48/h1-30H. The van der Waals surface area contributed by atoms with E-state index in [1.807, 2.05) is 36.4 Å². The van der Waals surface area contributed by atoms with Crippen LogP contribution in [0.3, 0.4) is 0 Å². The van der Waals surface area contributed by atoms with Gasteiger partial charge in [0.15, 0.2) is 0 Å². The molecule has 0 spiro atoms. The van der Waals surface area contributed by atoms with E-state index in [2.05, 4.69) is 146 Å². The Kier molecular flexibility index (Phi) is 6.16. The van der Waals surface area contributed by atoms with Gasteiger partial charge in [-0.3, -0.25) is 0 Å². The van der Waals surface area contributed by atoms with Gasteiger partial charge in [-0.25, -0.2) is 0 Å². The van der Waals surface area contributed by atoms with Crippen molar-refractivity contribution >= 4 is 98.1 Å². The zero-order valence-corrected chi connectivity index (χ0v) is 30.5. The van der Waals surface area contributed by atoms with Gasteiger partial charge in [0.05, 0.1) is 0 Å². The summed E-state index contributed by atoms with van der Waals surface area (Å²) >= 11 is 0. The molecule has 3 aromatic heterocycles. The summed E-state index contributed by atoms with van der Waals surface area (Å²) in [4.78, 5) is 0. The fourth-order valence-corrected chi connectivity index (χ4v) is 9.50. The monoisotopic (exact) mass is 726 g/mol. The van der Waals surface area contributed by atoms with E-state index in [1.165, 1.54) is 43.8 Å². The maximum Gasteiger partial charge on any atom is 0.143 e. The molecule has 3 nitrogen and oxygen atoms in total. The summed E-state index contributed by atoms with van der Waals surface area (Å²) in [5, 5.41) is 13.8. The third-order valence-electron chi connectivity index (χ3n) is 12.1. The summed E-state index contributed by atoms with van der Waals surface area (Å²) in [6.07, 6.45) is 0. The highest BCUT2D eigenvalue weighted by molar-refractivity contribution is 6.28. The van der Waals surface area contributed by atoms with E-state index in [-0.39, 0.29) is 0 Å². The van der Waals surface area contributed by atoms with Gasteiger partial charge >= 0.3 is 0 Å². The summed E-state index contributed by atoms with van der Waals surface area (Å²) in [6.45, 7) is 0. The van der Waals surface area contributed by atoms with E-state index in [9.17, 15) is 0 Å². The predicted octanol–water partition coefficient (Wildman–Crippen LogP) is 15.8. The van der Waals surface area contributed by atoms with E-state index in [1.54, 1.807) is 0 Å². The van der Waals surface area contributed by atoms with Crippen LogP contribution in [-0.2, 0) is 0 Å². The van der Waals surface area contributed by atoms with Gasteiger partial charge in [-0.05, 0) is 109 Å². The van der Waals surface area contributed by atoms with Crippen LogP contribution in [0, 0.1) is 0 Å². The predicted molar refractivity (Wildman–Crippen MR) is 237 cm³/mol. The van der Waals surface area contributed by atoms with Gasteiger partial charge in [-0.1, -0.05) is 133 Å². The first-order chi connectivity index (χ1) is 28.2. The van der Waals surface area contributed by atoms with Gasteiger partial charge in [0.1, 0.15) is 33.5 Å². The zero-order valence-electron chi connectivity index (χ0n) is 30.5. The molecule has 0 radical (unpaired) electrons. The number of rotatable bonds is 3. The second-order valence-corrected chi connectivity index (χ2v) is 15.1. The van der Waals surface area contributed by atoms with Gasteiger partial charge < -0.3 is 13.3 Å². The third kappa shape index (κ3) is 4.37. The maximum absolute atomic E-state index is 6.67. The van der Waals surface area contributed by atoms with E-state index in [0.717, 1.165) is 87.7 Å². The first-order valence-corrected chi connectivity index (χ1v) is 19.4. The van der Waals surface area contributed by atoms with Gasteiger partial charge in [-0.15, -0.1) is 0 Å². The Bertz CT molecular complexity index is 3740. The van der Waals surface area contributed by atoms with Gasteiger partial charge in [0, 0.05) is 37.7 Å². The number of hydrogen-bond donors (Lipinski definition) is 0. The van der Waals surface area contributed by atoms with Crippen molar-refractivity contribution in [1.82, 2.24) is 0 Å². The SMILES string of the molecule is c1ccc2c(c1)oc1ccc(-c3c4ccccc4c(-c4ccc(-c5ccc6ccc7c(oc8ccc9oc%10ccccc%10c9c87)c6c5)cc4)c4ccccc34)cc12. The average Bonchev–Trinajstić information content (AvgIpc) is 3.96. The summed E-state index contributed by atoms with van der Waals surface area (Å²) < 4.78 is 19.1. The summed E-state index contributed by atoms with van der Waals surface area (Å²) in [7, 11) is 0. The minimum Gasteiger partial charge on any atom is -0.456 e. The molecule has 3 heterocycles. The second-order valence-electron chi connectivity index (χ2n) is 15.1. The van der Waals surface area contributed by atoms with Crippen molar-refractivity contribution in [3.8, 4) is 33.4 Å². The largest absolute Gasteiger partial charge is 0.456 e. The number of para-hydroxylation sites is 2. The summed E-state index contributed by atoms with van der Waals surface area (Å²) in [6, 6.07) is 65.0. The molecule has 0 aliphatic heterocycles. The quantitative estimate of drug-likeness (QED) is 0.170. The van der Waals surface area contributed by atoms with Crippen LogP contribution in [0.15, 0.2) is 195 Å². The van der Waals surface area contributed by atoms with E-state index in [0.29, 0.717) is 0 Å². The molecular formula is C54H30O3. The first-order valence-electron chi connectivity index (χ1n) is 19.4.